The highest BCUT2D eigenvalue weighted by molar-refractivity contribution is 5.94. The molecule has 33 heavy (non-hydrogen) atoms. The normalized spacial score (nSPS) is 18.7. The largest absolute Gasteiger partial charge is 0.368 e. The van der Waals surface area contributed by atoms with Crippen molar-refractivity contribution in [2.45, 2.75) is 50.6 Å². The number of fused-ring (bicyclic) bond motifs is 1. The summed E-state index contributed by atoms with van der Waals surface area (Å²) in [5.74, 6) is 0.271. The van der Waals surface area contributed by atoms with Gasteiger partial charge in [-0.25, -0.2) is 28.0 Å². The molecule has 3 aromatic rings. The van der Waals surface area contributed by atoms with Crippen LogP contribution in [0.4, 0.5) is 23.4 Å². The summed E-state index contributed by atoms with van der Waals surface area (Å²) in [6, 6.07) is 8.08. The van der Waals surface area contributed by atoms with E-state index in [9.17, 15) is 22.4 Å². The first-order valence-electron chi connectivity index (χ1n) is 10.7. The van der Waals surface area contributed by atoms with Crippen LogP contribution in [0.15, 0.2) is 48.9 Å². The summed E-state index contributed by atoms with van der Waals surface area (Å²) in [6.45, 7) is -0.621. The van der Waals surface area contributed by atoms with Crippen molar-refractivity contribution in [1.82, 2.24) is 24.8 Å². The summed E-state index contributed by atoms with van der Waals surface area (Å²) in [4.78, 5) is 20.8. The molecule has 7 nitrogen and oxygen atoms in total. The van der Waals surface area contributed by atoms with Gasteiger partial charge in [0.2, 0.25) is 0 Å². The standard InChI is InChI=1S/C22H24F4N6O/c23-18(24)12-28-32(22(33)14-8-10-27-11-9-14)16-6-4-15(5-7-16)29-19-2-1-3-20-30-17(21(25)26)13-31(19)20/h1-3,8-11,13,15-16,18,21,28-29H,4-7,12H2. The van der Waals surface area contributed by atoms with Gasteiger partial charge in [0.1, 0.15) is 17.2 Å². The van der Waals surface area contributed by atoms with Crippen molar-refractivity contribution in [3.8, 4) is 0 Å². The number of hydrogen-bond donors (Lipinski definition) is 2. The smallest absolute Gasteiger partial charge is 0.281 e. The Labute approximate surface area is 187 Å². The van der Waals surface area contributed by atoms with E-state index in [4.69, 9.17) is 0 Å². The Morgan fingerprint density at radius 1 is 1.09 bits per heavy atom. The first-order chi connectivity index (χ1) is 15.9. The quantitative estimate of drug-likeness (QED) is 0.384. The molecule has 0 aliphatic heterocycles. The Kier molecular flexibility index (Phi) is 7.07. The van der Waals surface area contributed by atoms with Crippen molar-refractivity contribution in [2.75, 3.05) is 11.9 Å². The first kappa shape index (κ1) is 23.0. The minimum Gasteiger partial charge on any atom is -0.368 e. The average Bonchev–Trinajstić information content (AvgIpc) is 3.26. The molecule has 2 N–H and O–H groups in total. The van der Waals surface area contributed by atoms with Gasteiger partial charge in [-0.05, 0) is 49.9 Å². The van der Waals surface area contributed by atoms with E-state index in [1.165, 1.54) is 23.6 Å². The number of alkyl halides is 4. The van der Waals surface area contributed by atoms with E-state index in [1.807, 2.05) is 0 Å². The molecule has 1 amide bonds. The molecule has 1 aliphatic carbocycles. The highest BCUT2D eigenvalue weighted by Crippen LogP contribution is 2.27. The predicted octanol–water partition coefficient (Wildman–Crippen LogP) is 4.30. The average molecular weight is 464 g/mol. The van der Waals surface area contributed by atoms with Crippen LogP contribution in [0, 0.1) is 0 Å². The van der Waals surface area contributed by atoms with Crippen molar-refractivity contribution in [1.29, 1.82) is 0 Å². The highest BCUT2D eigenvalue weighted by atomic mass is 19.3. The molecule has 0 aromatic carbocycles. The third kappa shape index (κ3) is 5.41. The number of nitrogens with zero attached hydrogens (tertiary/aromatic N) is 4. The molecule has 176 valence electrons. The van der Waals surface area contributed by atoms with E-state index in [2.05, 4.69) is 20.7 Å². The maximum absolute atomic E-state index is 13.0. The summed E-state index contributed by atoms with van der Waals surface area (Å²) in [6.07, 6.45) is 1.56. The minimum atomic E-state index is -2.65. The molecule has 1 fully saturated rings. The first-order valence-corrected chi connectivity index (χ1v) is 10.7. The molecule has 3 aromatic heterocycles. The van der Waals surface area contributed by atoms with Gasteiger partial charge >= 0.3 is 0 Å². The molecular weight excluding hydrogens is 440 g/mol. The van der Waals surface area contributed by atoms with Gasteiger partial charge in [0.25, 0.3) is 18.8 Å². The van der Waals surface area contributed by atoms with Crippen LogP contribution >= 0.6 is 0 Å². The van der Waals surface area contributed by atoms with Crippen LogP contribution in [-0.2, 0) is 0 Å². The van der Waals surface area contributed by atoms with Gasteiger partial charge < -0.3 is 5.32 Å². The van der Waals surface area contributed by atoms with Crippen molar-refractivity contribution >= 4 is 17.4 Å². The van der Waals surface area contributed by atoms with E-state index < -0.39 is 19.4 Å². The summed E-state index contributed by atoms with van der Waals surface area (Å²) < 4.78 is 53.3. The second-order valence-electron chi connectivity index (χ2n) is 7.92. The predicted molar refractivity (Wildman–Crippen MR) is 114 cm³/mol. The number of anilines is 1. The number of carbonyl (C=O) groups excluding carboxylic acids is 1. The van der Waals surface area contributed by atoms with Crippen LogP contribution in [0.5, 0.6) is 0 Å². The zero-order valence-corrected chi connectivity index (χ0v) is 17.7. The van der Waals surface area contributed by atoms with Gasteiger partial charge in [0.15, 0.2) is 0 Å². The number of halogens is 4. The molecule has 0 saturated heterocycles. The molecule has 4 rings (SSSR count). The lowest BCUT2D eigenvalue weighted by Gasteiger charge is -2.37. The number of imidazole rings is 1. The van der Waals surface area contributed by atoms with Gasteiger partial charge in [0, 0.05) is 36.2 Å². The van der Waals surface area contributed by atoms with Gasteiger partial charge in [0.05, 0.1) is 6.54 Å². The maximum Gasteiger partial charge on any atom is 0.281 e. The molecule has 1 aliphatic rings. The lowest BCUT2D eigenvalue weighted by Crippen LogP contribution is -2.52. The summed E-state index contributed by atoms with van der Waals surface area (Å²) >= 11 is 0. The Morgan fingerprint density at radius 2 is 1.82 bits per heavy atom. The van der Waals surface area contributed by atoms with Crippen LogP contribution in [0.1, 0.15) is 48.2 Å². The number of nitrogens with one attached hydrogen (secondary N) is 2. The summed E-state index contributed by atoms with van der Waals surface area (Å²) in [7, 11) is 0. The third-order valence-electron chi connectivity index (χ3n) is 5.71. The Balaban J connectivity index is 1.43. The number of amides is 1. The Morgan fingerprint density at radius 3 is 2.48 bits per heavy atom. The molecule has 0 radical (unpaired) electrons. The van der Waals surface area contributed by atoms with Crippen LogP contribution in [-0.4, -0.2) is 50.3 Å². The number of hydrazine groups is 1. The maximum atomic E-state index is 13.0. The van der Waals surface area contributed by atoms with E-state index >= 15 is 0 Å². The highest BCUT2D eigenvalue weighted by Gasteiger charge is 2.30. The van der Waals surface area contributed by atoms with Crippen molar-refractivity contribution in [3.63, 3.8) is 0 Å². The molecule has 1 saturated carbocycles. The monoisotopic (exact) mass is 464 g/mol. The molecule has 0 spiro atoms. The van der Waals surface area contributed by atoms with Crippen LogP contribution in [0.2, 0.25) is 0 Å². The van der Waals surface area contributed by atoms with E-state index in [0.717, 1.165) is 0 Å². The van der Waals surface area contributed by atoms with Crippen LogP contribution in [0.3, 0.4) is 0 Å². The van der Waals surface area contributed by atoms with Gasteiger partial charge in [-0.1, -0.05) is 6.07 Å². The molecule has 0 unspecified atom stereocenters. The zero-order valence-electron chi connectivity index (χ0n) is 17.7. The van der Waals surface area contributed by atoms with E-state index in [0.29, 0.717) is 42.7 Å². The SMILES string of the molecule is O=C(c1ccncc1)N(NCC(F)F)C1CCC(Nc2cccc3nc(C(F)F)cn23)CC1. The molecular formula is C22H24F4N6O. The number of aromatic nitrogens is 3. The zero-order chi connectivity index (χ0) is 23.4. The number of carbonyl (C=O) groups is 1. The Bertz CT molecular complexity index is 1070. The second kappa shape index (κ2) is 10.2. The van der Waals surface area contributed by atoms with Crippen molar-refractivity contribution < 1.29 is 22.4 Å². The summed E-state index contributed by atoms with van der Waals surface area (Å²) in [5, 5.41) is 4.68. The molecule has 0 atom stereocenters. The third-order valence-corrected chi connectivity index (χ3v) is 5.71. The molecule has 11 heteroatoms. The van der Waals surface area contributed by atoms with Crippen molar-refractivity contribution in [3.05, 3.63) is 60.2 Å². The lowest BCUT2D eigenvalue weighted by atomic mass is 9.90. The van der Waals surface area contributed by atoms with E-state index in [1.54, 1.807) is 34.7 Å². The van der Waals surface area contributed by atoms with Crippen LogP contribution < -0.4 is 10.7 Å². The van der Waals surface area contributed by atoms with Crippen molar-refractivity contribution in [2.24, 2.45) is 0 Å². The van der Waals surface area contributed by atoms with Gasteiger partial charge in [-0.15, -0.1) is 0 Å². The molecule has 3 heterocycles. The number of hydrogen-bond acceptors (Lipinski definition) is 5. The Hall–Kier alpha value is -3.21. The van der Waals surface area contributed by atoms with Crippen LogP contribution in [0.25, 0.3) is 5.65 Å². The fourth-order valence-electron chi connectivity index (χ4n) is 4.11. The van der Waals surface area contributed by atoms with E-state index in [-0.39, 0.29) is 23.7 Å². The lowest BCUT2D eigenvalue weighted by molar-refractivity contribution is 0.0358. The van der Waals surface area contributed by atoms with Gasteiger partial charge in [-0.2, -0.15) is 0 Å². The fraction of sp³-hybridized carbons (Fsp3) is 0.409. The second-order valence-corrected chi connectivity index (χ2v) is 7.92. The number of pyridine rings is 2. The van der Waals surface area contributed by atoms with Gasteiger partial charge in [-0.3, -0.25) is 19.2 Å². The number of rotatable bonds is 8. The topological polar surface area (TPSA) is 74.6 Å². The minimum absolute atomic E-state index is 0.0391. The fourth-order valence-corrected chi connectivity index (χ4v) is 4.11. The molecule has 0 bridgehead atoms. The summed E-state index contributed by atoms with van der Waals surface area (Å²) in [5.41, 5.74) is 3.10.